The summed E-state index contributed by atoms with van der Waals surface area (Å²) in [4.78, 5) is 0. The second-order valence-electron chi connectivity index (χ2n) is 2.70. The summed E-state index contributed by atoms with van der Waals surface area (Å²) in [5.74, 6) is -0.499. The summed E-state index contributed by atoms with van der Waals surface area (Å²) < 4.78 is 12.3. The molecule has 1 aromatic rings. The molecular formula is C10H8ClFN. The smallest absolute Gasteiger partial charge is 0.0991 e. The molecule has 0 bridgehead atoms. The second kappa shape index (κ2) is 4.25. The van der Waals surface area contributed by atoms with E-state index in [2.05, 4.69) is 6.92 Å². The van der Waals surface area contributed by atoms with Crippen LogP contribution < -0.4 is 0 Å². The Labute approximate surface area is 81.8 Å². The summed E-state index contributed by atoms with van der Waals surface area (Å²) in [5, 5.41) is 9.06. The lowest BCUT2D eigenvalue weighted by atomic mass is 10.0. The van der Waals surface area contributed by atoms with Crippen LogP contribution in [0.15, 0.2) is 18.2 Å². The standard InChI is InChI=1S/C10H8ClFN/c1-7(5-12)9-4-8(6-13)2-3-10(9)11/h2-4,7H,1,5H2. The highest BCUT2D eigenvalue weighted by molar-refractivity contribution is 6.31. The van der Waals surface area contributed by atoms with Gasteiger partial charge in [0.1, 0.15) is 0 Å². The van der Waals surface area contributed by atoms with Crippen LogP contribution >= 0.6 is 11.6 Å². The molecule has 0 amide bonds. The molecule has 1 atom stereocenters. The topological polar surface area (TPSA) is 23.8 Å². The van der Waals surface area contributed by atoms with Gasteiger partial charge in [-0.15, -0.1) is 0 Å². The Kier molecular flexibility index (Phi) is 3.27. The maximum absolute atomic E-state index is 12.3. The molecule has 1 nitrogen and oxygen atoms in total. The van der Waals surface area contributed by atoms with Gasteiger partial charge < -0.3 is 0 Å². The number of hydrogen-bond acceptors (Lipinski definition) is 1. The number of rotatable bonds is 2. The van der Waals surface area contributed by atoms with Gasteiger partial charge in [-0.2, -0.15) is 5.26 Å². The largest absolute Gasteiger partial charge is 0.250 e. The van der Waals surface area contributed by atoms with Gasteiger partial charge >= 0.3 is 0 Å². The lowest BCUT2D eigenvalue weighted by Crippen LogP contribution is -1.97. The fourth-order valence-corrected chi connectivity index (χ4v) is 1.28. The Hall–Kier alpha value is -1.07. The number of nitriles is 1. The van der Waals surface area contributed by atoms with E-state index in [1.807, 2.05) is 6.07 Å². The maximum atomic E-state index is 12.3. The molecule has 0 saturated carbocycles. The van der Waals surface area contributed by atoms with Crippen molar-refractivity contribution in [2.75, 3.05) is 6.67 Å². The van der Waals surface area contributed by atoms with Gasteiger partial charge in [0.2, 0.25) is 0 Å². The molecule has 0 aromatic heterocycles. The molecular weight excluding hydrogens is 189 g/mol. The Morgan fingerprint density at radius 1 is 1.62 bits per heavy atom. The molecule has 67 valence electrons. The lowest BCUT2D eigenvalue weighted by Gasteiger charge is -2.08. The van der Waals surface area contributed by atoms with Crippen LogP contribution in [0.2, 0.25) is 5.02 Å². The Bertz CT molecular complexity index is 343. The zero-order valence-electron chi connectivity index (χ0n) is 6.93. The van der Waals surface area contributed by atoms with Gasteiger partial charge in [0.15, 0.2) is 0 Å². The summed E-state index contributed by atoms with van der Waals surface area (Å²) in [7, 11) is 0. The molecule has 1 radical (unpaired) electrons. The summed E-state index contributed by atoms with van der Waals surface area (Å²) in [6, 6.07) is 6.71. The average Bonchev–Trinajstić information content (AvgIpc) is 2.17. The minimum absolute atomic E-state index is 0.455. The van der Waals surface area contributed by atoms with Gasteiger partial charge in [0.05, 0.1) is 18.3 Å². The van der Waals surface area contributed by atoms with Crippen molar-refractivity contribution in [3.8, 4) is 6.07 Å². The molecule has 0 aliphatic carbocycles. The van der Waals surface area contributed by atoms with Crippen molar-refractivity contribution < 1.29 is 4.39 Å². The van der Waals surface area contributed by atoms with E-state index in [1.165, 1.54) is 0 Å². The number of benzene rings is 1. The van der Waals surface area contributed by atoms with E-state index >= 15 is 0 Å². The minimum Gasteiger partial charge on any atom is -0.250 e. The first-order valence-electron chi connectivity index (χ1n) is 3.77. The maximum Gasteiger partial charge on any atom is 0.0991 e. The van der Waals surface area contributed by atoms with E-state index in [-0.39, 0.29) is 0 Å². The van der Waals surface area contributed by atoms with Crippen molar-refractivity contribution in [1.82, 2.24) is 0 Å². The molecule has 1 unspecified atom stereocenters. The van der Waals surface area contributed by atoms with Crippen molar-refractivity contribution in [3.05, 3.63) is 41.3 Å². The summed E-state index contributed by atoms with van der Waals surface area (Å²) >= 11 is 5.81. The van der Waals surface area contributed by atoms with E-state index in [0.29, 0.717) is 16.1 Å². The molecule has 13 heavy (non-hydrogen) atoms. The highest BCUT2D eigenvalue weighted by atomic mass is 35.5. The molecule has 3 heteroatoms. The zero-order chi connectivity index (χ0) is 9.84. The van der Waals surface area contributed by atoms with Crippen LogP contribution in [-0.4, -0.2) is 6.67 Å². The van der Waals surface area contributed by atoms with Crippen LogP contribution in [0, 0.1) is 18.3 Å². The van der Waals surface area contributed by atoms with Gasteiger partial charge in [-0.3, -0.25) is 4.39 Å². The Balaban J connectivity index is 3.12. The Morgan fingerprint density at radius 3 is 2.85 bits per heavy atom. The highest BCUT2D eigenvalue weighted by Gasteiger charge is 2.09. The van der Waals surface area contributed by atoms with Crippen LogP contribution in [0.3, 0.4) is 0 Å². The molecule has 1 aromatic carbocycles. The quantitative estimate of drug-likeness (QED) is 0.713. The summed E-state index contributed by atoms with van der Waals surface area (Å²) in [6.45, 7) is 3.02. The van der Waals surface area contributed by atoms with E-state index in [0.717, 1.165) is 0 Å². The van der Waals surface area contributed by atoms with E-state index in [4.69, 9.17) is 16.9 Å². The zero-order valence-corrected chi connectivity index (χ0v) is 7.68. The van der Waals surface area contributed by atoms with Gasteiger partial charge in [-0.05, 0) is 30.7 Å². The predicted molar refractivity (Wildman–Crippen MR) is 50.2 cm³/mol. The molecule has 0 aliphatic heterocycles. The van der Waals surface area contributed by atoms with Crippen LogP contribution in [0.25, 0.3) is 0 Å². The number of hydrogen-bond donors (Lipinski definition) is 0. The first-order valence-corrected chi connectivity index (χ1v) is 4.15. The third-order valence-corrected chi connectivity index (χ3v) is 2.10. The molecule has 0 saturated heterocycles. The monoisotopic (exact) mass is 196 g/mol. The van der Waals surface area contributed by atoms with Crippen LogP contribution in [-0.2, 0) is 0 Å². The van der Waals surface area contributed by atoms with Gasteiger partial charge in [0, 0.05) is 10.9 Å². The fraction of sp³-hybridized carbons (Fsp3) is 0.200. The number of halogens is 2. The van der Waals surface area contributed by atoms with Crippen molar-refractivity contribution in [2.24, 2.45) is 0 Å². The van der Waals surface area contributed by atoms with Crippen molar-refractivity contribution in [2.45, 2.75) is 5.92 Å². The van der Waals surface area contributed by atoms with Gasteiger partial charge in [-0.25, -0.2) is 0 Å². The average molecular weight is 197 g/mol. The van der Waals surface area contributed by atoms with E-state index in [1.54, 1.807) is 18.2 Å². The van der Waals surface area contributed by atoms with Crippen LogP contribution in [0.5, 0.6) is 0 Å². The second-order valence-corrected chi connectivity index (χ2v) is 3.11. The first kappa shape index (κ1) is 10.0. The molecule has 1 rings (SSSR count). The minimum atomic E-state index is -0.575. The number of alkyl halides is 1. The third-order valence-electron chi connectivity index (χ3n) is 1.75. The van der Waals surface area contributed by atoms with E-state index in [9.17, 15) is 4.39 Å². The van der Waals surface area contributed by atoms with Gasteiger partial charge in [-0.1, -0.05) is 11.6 Å². The molecule has 0 aliphatic rings. The lowest BCUT2D eigenvalue weighted by molar-refractivity contribution is 0.465. The SMILES string of the molecule is [CH2]C(CF)c1cc(C#N)ccc1Cl. The van der Waals surface area contributed by atoms with Crippen LogP contribution in [0.1, 0.15) is 17.0 Å². The normalized spacial score (nSPS) is 12.2. The highest BCUT2D eigenvalue weighted by Crippen LogP contribution is 2.25. The third kappa shape index (κ3) is 2.19. The van der Waals surface area contributed by atoms with Crippen molar-refractivity contribution in [3.63, 3.8) is 0 Å². The van der Waals surface area contributed by atoms with Crippen molar-refractivity contribution in [1.29, 1.82) is 5.26 Å². The van der Waals surface area contributed by atoms with Gasteiger partial charge in [0.25, 0.3) is 0 Å². The van der Waals surface area contributed by atoms with E-state index < -0.39 is 12.6 Å². The summed E-state index contributed by atoms with van der Waals surface area (Å²) in [6.07, 6.45) is 0. The molecule has 0 spiro atoms. The summed E-state index contributed by atoms with van der Waals surface area (Å²) in [5.41, 5.74) is 1.06. The molecule has 0 fully saturated rings. The molecule has 0 heterocycles. The van der Waals surface area contributed by atoms with Crippen LogP contribution in [0.4, 0.5) is 4.39 Å². The fourth-order valence-electron chi connectivity index (χ4n) is 1.01. The first-order chi connectivity index (χ1) is 6.19. The molecule has 0 N–H and O–H groups in total. The number of nitrogens with zero attached hydrogens (tertiary/aromatic N) is 1. The predicted octanol–water partition coefficient (Wildman–Crippen LogP) is 3.10. The van der Waals surface area contributed by atoms with Crippen molar-refractivity contribution >= 4 is 11.6 Å². The Morgan fingerprint density at radius 2 is 2.31 bits per heavy atom.